The van der Waals surface area contributed by atoms with Crippen molar-refractivity contribution >= 4 is 23.4 Å². The Kier molecular flexibility index (Phi) is 4.57. The maximum atomic E-state index is 12.5. The number of carbonyl (C=O) groups excluding carboxylic acids is 2. The molecule has 1 aromatic carbocycles. The Morgan fingerprint density at radius 2 is 2.22 bits per heavy atom. The van der Waals surface area contributed by atoms with Gasteiger partial charge in [-0.3, -0.25) is 15.2 Å². The smallest absolute Gasteiger partial charge is 0.324 e. The molecule has 0 saturated carbocycles. The molecule has 1 atom stereocenters. The van der Waals surface area contributed by atoms with Crippen LogP contribution in [0.5, 0.6) is 0 Å². The first-order valence-electron chi connectivity index (χ1n) is 9.32. The summed E-state index contributed by atoms with van der Waals surface area (Å²) in [6.45, 7) is 5.57. The number of aromatic nitrogens is 2. The first kappa shape index (κ1) is 17.5. The van der Waals surface area contributed by atoms with Crippen LogP contribution in [0.15, 0.2) is 24.3 Å². The van der Waals surface area contributed by atoms with Gasteiger partial charge < -0.3 is 15.5 Å². The van der Waals surface area contributed by atoms with Gasteiger partial charge in [0.25, 0.3) is 5.91 Å². The van der Waals surface area contributed by atoms with Gasteiger partial charge in [0.05, 0.1) is 11.7 Å². The van der Waals surface area contributed by atoms with Crippen LogP contribution in [0.25, 0.3) is 0 Å². The van der Waals surface area contributed by atoms with Crippen molar-refractivity contribution in [2.24, 2.45) is 0 Å². The number of benzene rings is 1. The van der Waals surface area contributed by atoms with E-state index in [4.69, 9.17) is 0 Å². The zero-order chi connectivity index (χ0) is 19.0. The molecule has 27 heavy (non-hydrogen) atoms. The van der Waals surface area contributed by atoms with Crippen LogP contribution in [0.3, 0.4) is 0 Å². The van der Waals surface area contributed by atoms with E-state index in [1.54, 1.807) is 12.1 Å². The Labute approximate surface area is 157 Å². The third-order valence-electron chi connectivity index (χ3n) is 5.00. The highest BCUT2D eigenvalue weighted by Gasteiger charge is 2.41. The van der Waals surface area contributed by atoms with Crippen molar-refractivity contribution in [1.29, 1.82) is 0 Å². The first-order chi connectivity index (χ1) is 13.0. The Morgan fingerprint density at radius 1 is 1.37 bits per heavy atom. The van der Waals surface area contributed by atoms with E-state index >= 15 is 0 Å². The molecule has 0 radical (unpaired) electrons. The predicted molar refractivity (Wildman–Crippen MR) is 103 cm³/mol. The Bertz CT molecular complexity index is 875. The molecule has 0 aliphatic carbocycles. The van der Waals surface area contributed by atoms with Crippen molar-refractivity contribution in [2.45, 2.75) is 45.3 Å². The van der Waals surface area contributed by atoms with Crippen LogP contribution in [0.4, 0.5) is 16.3 Å². The standard InChI is InChI=1S/C19H24N6O2/c1-11(2)20-10-12-9-16(24-23-12)22-19(27)21-14-6-3-5-13-17(14)15-7-4-8-25(15)18(13)26/h3,5-6,9,11,15,20H,4,7-8,10H2,1-2H3,(H3,21,22,23,24,27). The first-order valence-corrected chi connectivity index (χ1v) is 9.32. The lowest BCUT2D eigenvalue weighted by atomic mass is 10.0. The average molecular weight is 368 g/mol. The monoisotopic (exact) mass is 368 g/mol. The van der Waals surface area contributed by atoms with E-state index in [9.17, 15) is 9.59 Å². The summed E-state index contributed by atoms with van der Waals surface area (Å²) in [5.74, 6) is 0.519. The predicted octanol–water partition coefficient (Wildman–Crippen LogP) is 2.84. The van der Waals surface area contributed by atoms with Gasteiger partial charge in [-0.25, -0.2) is 4.79 Å². The van der Waals surface area contributed by atoms with Gasteiger partial charge in [0.2, 0.25) is 0 Å². The fraction of sp³-hybridized carbons (Fsp3) is 0.421. The number of hydrogen-bond donors (Lipinski definition) is 4. The van der Waals surface area contributed by atoms with Gasteiger partial charge in [0.1, 0.15) is 0 Å². The minimum Gasteiger partial charge on any atom is -0.331 e. The molecule has 8 nitrogen and oxygen atoms in total. The SMILES string of the molecule is CC(C)NCc1cc(NC(=O)Nc2cccc3c2C2CCCN2C3=O)n[nH]1. The summed E-state index contributed by atoms with van der Waals surface area (Å²) >= 11 is 0. The van der Waals surface area contributed by atoms with Crippen molar-refractivity contribution in [3.63, 3.8) is 0 Å². The highest BCUT2D eigenvalue weighted by atomic mass is 16.2. The van der Waals surface area contributed by atoms with Gasteiger partial charge in [-0.1, -0.05) is 19.9 Å². The molecule has 2 aliphatic rings. The number of carbonyl (C=O) groups is 2. The highest BCUT2D eigenvalue weighted by molar-refractivity contribution is 6.05. The summed E-state index contributed by atoms with van der Waals surface area (Å²) in [4.78, 5) is 26.8. The molecule has 0 bridgehead atoms. The number of nitrogens with one attached hydrogen (secondary N) is 4. The summed E-state index contributed by atoms with van der Waals surface area (Å²) < 4.78 is 0. The normalized spacial score (nSPS) is 18.0. The molecule has 1 saturated heterocycles. The van der Waals surface area contributed by atoms with Gasteiger partial charge in [0.15, 0.2) is 5.82 Å². The van der Waals surface area contributed by atoms with Gasteiger partial charge in [-0.15, -0.1) is 0 Å². The van der Waals surface area contributed by atoms with E-state index in [1.807, 2.05) is 17.0 Å². The van der Waals surface area contributed by atoms with E-state index < -0.39 is 0 Å². The average Bonchev–Trinajstić information content (AvgIpc) is 3.32. The minimum atomic E-state index is -0.373. The van der Waals surface area contributed by atoms with Crippen molar-refractivity contribution < 1.29 is 9.59 Å². The second-order valence-electron chi connectivity index (χ2n) is 7.32. The number of anilines is 2. The fourth-order valence-corrected chi connectivity index (χ4v) is 3.78. The number of fused-ring (bicyclic) bond motifs is 3. The number of amides is 3. The number of aromatic amines is 1. The fourth-order valence-electron chi connectivity index (χ4n) is 3.78. The Balaban J connectivity index is 1.45. The zero-order valence-electron chi connectivity index (χ0n) is 15.5. The van der Waals surface area contributed by atoms with Crippen LogP contribution in [-0.4, -0.2) is 39.6 Å². The molecule has 4 N–H and O–H groups in total. The van der Waals surface area contributed by atoms with E-state index in [1.165, 1.54) is 0 Å². The van der Waals surface area contributed by atoms with E-state index in [0.29, 0.717) is 29.7 Å². The van der Waals surface area contributed by atoms with E-state index in [2.05, 4.69) is 40.0 Å². The van der Waals surface area contributed by atoms with Crippen molar-refractivity contribution in [2.75, 3.05) is 17.2 Å². The second-order valence-corrected chi connectivity index (χ2v) is 7.32. The number of nitrogens with zero attached hydrogens (tertiary/aromatic N) is 2. The van der Waals surface area contributed by atoms with Crippen LogP contribution in [-0.2, 0) is 6.54 Å². The van der Waals surface area contributed by atoms with E-state index in [0.717, 1.165) is 30.6 Å². The molecule has 1 unspecified atom stereocenters. The molecule has 8 heteroatoms. The summed E-state index contributed by atoms with van der Waals surface area (Å²) in [6, 6.07) is 7.35. The molecule has 3 amide bonds. The number of rotatable bonds is 5. The molecule has 2 aromatic rings. The van der Waals surface area contributed by atoms with E-state index in [-0.39, 0.29) is 18.0 Å². The Morgan fingerprint density at radius 3 is 3.04 bits per heavy atom. The lowest BCUT2D eigenvalue weighted by Gasteiger charge is -2.17. The van der Waals surface area contributed by atoms with Gasteiger partial charge >= 0.3 is 6.03 Å². The summed E-state index contributed by atoms with van der Waals surface area (Å²) in [6.07, 6.45) is 1.93. The quantitative estimate of drug-likeness (QED) is 0.652. The van der Waals surface area contributed by atoms with Crippen molar-refractivity contribution in [1.82, 2.24) is 20.4 Å². The maximum Gasteiger partial charge on any atom is 0.324 e. The van der Waals surface area contributed by atoms with Gasteiger partial charge in [-0.2, -0.15) is 5.10 Å². The Hall–Kier alpha value is -2.87. The second kappa shape index (κ2) is 7.03. The molecular weight excluding hydrogens is 344 g/mol. The highest BCUT2D eigenvalue weighted by Crippen LogP contribution is 2.44. The largest absolute Gasteiger partial charge is 0.331 e. The summed E-state index contributed by atoms with van der Waals surface area (Å²) in [5.41, 5.74) is 3.20. The number of hydrogen-bond acceptors (Lipinski definition) is 4. The van der Waals surface area contributed by atoms with Crippen LogP contribution in [0, 0.1) is 0 Å². The van der Waals surface area contributed by atoms with Crippen molar-refractivity contribution in [3.8, 4) is 0 Å². The van der Waals surface area contributed by atoms with Gasteiger partial charge in [0, 0.05) is 42.0 Å². The van der Waals surface area contributed by atoms with Crippen molar-refractivity contribution in [3.05, 3.63) is 41.1 Å². The molecule has 4 rings (SSSR count). The van der Waals surface area contributed by atoms with Crippen LogP contribution in [0.2, 0.25) is 0 Å². The third-order valence-corrected chi connectivity index (χ3v) is 5.00. The topological polar surface area (TPSA) is 102 Å². The van der Waals surface area contributed by atoms with Crippen LogP contribution in [0.1, 0.15) is 54.3 Å². The van der Waals surface area contributed by atoms with Crippen LogP contribution < -0.4 is 16.0 Å². The molecule has 142 valence electrons. The summed E-state index contributed by atoms with van der Waals surface area (Å²) in [7, 11) is 0. The van der Waals surface area contributed by atoms with Gasteiger partial charge in [-0.05, 0) is 25.0 Å². The lowest BCUT2D eigenvalue weighted by Crippen LogP contribution is -2.23. The summed E-state index contributed by atoms with van der Waals surface area (Å²) in [5, 5.41) is 15.9. The zero-order valence-corrected chi connectivity index (χ0v) is 15.5. The molecular formula is C19H24N6O2. The lowest BCUT2D eigenvalue weighted by molar-refractivity contribution is 0.0776. The molecule has 2 aliphatic heterocycles. The maximum absolute atomic E-state index is 12.5. The van der Waals surface area contributed by atoms with Crippen LogP contribution >= 0.6 is 0 Å². The molecule has 1 aromatic heterocycles. The minimum absolute atomic E-state index is 0.0613. The molecule has 0 spiro atoms. The number of urea groups is 1. The molecule has 1 fully saturated rings. The number of H-pyrrole nitrogens is 1. The molecule has 3 heterocycles. The third kappa shape index (κ3) is 3.40.